The number of aryl methyl sites for hydroxylation is 3. The molecule has 3 aromatic rings. The molecule has 0 bridgehead atoms. The number of nitrogens with zero attached hydrogens (tertiary/aromatic N) is 2. The number of benzene rings is 1. The Kier molecular flexibility index (Phi) is 3.88. The Labute approximate surface area is 129 Å². The van der Waals surface area contributed by atoms with Crippen LogP contribution in [0.2, 0.25) is 0 Å². The van der Waals surface area contributed by atoms with Crippen LogP contribution in [0.3, 0.4) is 0 Å². The minimum absolute atomic E-state index is 0.822. The van der Waals surface area contributed by atoms with Gasteiger partial charge >= 0.3 is 0 Å². The zero-order valence-electron chi connectivity index (χ0n) is 12.6. The van der Waals surface area contributed by atoms with E-state index < -0.39 is 0 Å². The monoisotopic (exact) mass is 297 g/mol. The van der Waals surface area contributed by atoms with Gasteiger partial charge < -0.3 is 5.32 Å². The number of aromatic nitrogens is 2. The van der Waals surface area contributed by atoms with Gasteiger partial charge in [-0.3, -0.25) is 0 Å². The Hall–Kier alpha value is -1.94. The van der Waals surface area contributed by atoms with Crippen molar-refractivity contribution >= 4 is 27.4 Å². The van der Waals surface area contributed by atoms with Gasteiger partial charge in [0, 0.05) is 11.4 Å². The first-order valence-corrected chi connectivity index (χ1v) is 7.97. The molecule has 3 rings (SSSR count). The molecule has 0 radical (unpaired) electrons. The number of thiophene rings is 1. The molecule has 21 heavy (non-hydrogen) atoms. The molecule has 0 amide bonds. The summed E-state index contributed by atoms with van der Waals surface area (Å²) in [4.78, 5) is 11.4. The lowest BCUT2D eigenvalue weighted by atomic mass is 10.1. The van der Waals surface area contributed by atoms with Gasteiger partial charge in [-0.25, -0.2) is 9.97 Å². The standard InChI is InChI=1S/C17H19N3S/c1-11-5-4-6-14(9-11)7-8-18-16-15-10-12(2)21-17(15)20-13(3)19-16/h4-6,9-10H,7-8H2,1-3H3,(H,18,19,20). The van der Waals surface area contributed by atoms with E-state index in [4.69, 9.17) is 0 Å². The molecular weight excluding hydrogens is 278 g/mol. The third-order valence-corrected chi connectivity index (χ3v) is 4.36. The van der Waals surface area contributed by atoms with Gasteiger partial charge in [0.15, 0.2) is 0 Å². The number of rotatable bonds is 4. The summed E-state index contributed by atoms with van der Waals surface area (Å²) in [5.41, 5.74) is 2.66. The van der Waals surface area contributed by atoms with E-state index in [-0.39, 0.29) is 0 Å². The average molecular weight is 297 g/mol. The van der Waals surface area contributed by atoms with Gasteiger partial charge in [-0.1, -0.05) is 29.8 Å². The van der Waals surface area contributed by atoms with Gasteiger partial charge in [0.05, 0.1) is 5.39 Å². The summed E-state index contributed by atoms with van der Waals surface area (Å²) < 4.78 is 0. The van der Waals surface area contributed by atoms with E-state index in [0.29, 0.717) is 0 Å². The Balaban J connectivity index is 1.76. The average Bonchev–Trinajstić information content (AvgIpc) is 2.79. The highest BCUT2D eigenvalue weighted by Gasteiger charge is 2.08. The van der Waals surface area contributed by atoms with Gasteiger partial charge in [-0.05, 0) is 38.8 Å². The molecule has 0 atom stereocenters. The van der Waals surface area contributed by atoms with Crippen LogP contribution in [0.4, 0.5) is 5.82 Å². The van der Waals surface area contributed by atoms with Crippen molar-refractivity contribution in [3.8, 4) is 0 Å². The molecule has 4 heteroatoms. The van der Waals surface area contributed by atoms with Gasteiger partial charge in [-0.2, -0.15) is 0 Å². The Morgan fingerprint density at radius 1 is 1.10 bits per heavy atom. The lowest BCUT2D eigenvalue weighted by molar-refractivity contribution is 0.993. The third-order valence-electron chi connectivity index (χ3n) is 3.42. The summed E-state index contributed by atoms with van der Waals surface area (Å²) in [6.45, 7) is 7.06. The van der Waals surface area contributed by atoms with Gasteiger partial charge in [0.25, 0.3) is 0 Å². The van der Waals surface area contributed by atoms with Crippen LogP contribution in [0.25, 0.3) is 10.2 Å². The molecular formula is C17H19N3S. The first-order chi connectivity index (χ1) is 10.1. The number of anilines is 1. The van der Waals surface area contributed by atoms with Crippen LogP contribution in [-0.4, -0.2) is 16.5 Å². The van der Waals surface area contributed by atoms with Crippen LogP contribution in [0.5, 0.6) is 0 Å². The Bertz CT molecular complexity index is 777. The van der Waals surface area contributed by atoms with E-state index in [2.05, 4.69) is 59.5 Å². The molecule has 0 saturated heterocycles. The van der Waals surface area contributed by atoms with Crippen molar-refractivity contribution in [1.82, 2.24) is 9.97 Å². The van der Waals surface area contributed by atoms with Crippen molar-refractivity contribution in [2.45, 2.75) is 27.2 Å². The van der Waals surface area contributed by atoms with Crippen LogP contribution in [0.15, 0.2) is 30.3 Å². The van der Waals surface area contributed by atoms with Crippen molar-refractivity contribution < 1.29 is 0 Å². The lowest BCUT2D eigenvalue weighted by Gasteiger charge is -2.08. The topological polar surface area (TPSA) is 37.8 Å². The third kappa shape index (κ3) is 3.22. The van der Waals surface area contributed by atoms with Crippen molar-refractivity contribution in [3.63, 3.8) is 0 Å². The van der Waals surface area contributed by atoms with Crippen LogP contribution in [-0.2, 0) is 6.42 Å². The maximum atomic E-state index is 4.55. The maximum Gasteiger partial charge on any atom is 0.138 e. The first kappa shape index (κ1) is 14.0. The van der Waals surface area contributed by atoms with E-state index in [0.717, 1.165) is 34.8 Å². The van der Waals surface area contributed by atoms with Crippen LogP contribution >= 0.6 is 11.3 Å². The number of hydrogen-bond acceptors (Lipinski definition) is 4. The van der Waals surface area contributed by atoms with E-state index >= 15 is 0 Å². The summed E-state index contributed by atoms with van der Waals surface area (Å²) in [6.07, 6.45) is 0.995. The highest BCUT2D eigenvalue weighted by Crippen LogP contribution is 2.28. The molecule has 2 aromatic heterocycles. The van der Waals surface area contributed by atoms with Crippen LogP contribution in [0.1, 0.15) is 21.8 Å². The van der Waals surface area contributed by atoms with E-state index in [1.807, 2.05) is 6.92 Å². The normalized spacial score (nSPS) is 11.0. The molecule has 1 N–H and O–H groups in total. The maximum absolute atomic E-state index is 4.55. The highest BCUT2D eigenvalue weighted by atomic mass is 32.1. The molecule has 0 aliphatic rings. The van der Waals surface area contributed by atoms with Crippen molar-refractivity contribution in [1.29, 1.82) is 0 Å². The summed E-state index contributed by atoms with van der Waals surface area (Å²) in [7, 11) is 0. The van der Waals surface area contributed by atoms with Crippen molar-refractivity contribution in [3.05, 3.63) is 52.2 Å². The van der Waals surface area contributed by atoms with E-state index in [1.54, 1.807) is 11.3 Å². The zero-order valence-corrected chi connectivity index (χ0v) is 13.4. The zero-order chi connectivity index (χ0) is 14.8. The highest BCUT2D eigenvalue weighted by molar-refractivity contribution is 7.18. The quantitative estimate of drug-likeness (QED) is 0.781. The minimum Gasteiger partial charge on any atom is -0.369 e. The van der Waals surface area contributed by atoms with Crippen LogP contribution in [0, 0.1) is 20.8 Å². The number of fused-ring (bicyclic) bond motifs is 1. The second kappa shape index (κ2) is 5.82. The fourth-order valence-electron chi connectivity index (χ4n) is 2.48. The fourth-order valence-corrected chi connectivity index (χ4v) is 3.40. The summed E-state index contributed by atoms with van der Waals surface area (Å²) in [5.74, 6) is 1.77. The van der Waals surface area contributed by atoms with Gasteiger partial charge in [0.1, 0.15) is 16.5 Å². The molecule has 0 spiro atoms. The molecule has 0 fully saturated rings. The Morgan fingerprint density at radius 2 is 1.95 bits per heavy atom. The van der Waals surface area contributed by atoms with Crippen molar-refractivity contribution in [2.24, 2.45) is 0 Å². The number of hydrogen-bond donors (Lipinski definition) is 1. The molecule has 0 aliphatic heterocycles. The van der Waals surface area contributed by atoms with Crippen molar-refractivity contribution in [2.75, 3.05) is 11.9 Å². The first-order valence-electron chi connectivity index (χ1n) is 7.16. The Morgan fingerprint density at radius 3 is 2.76 bits per heavy atom. The summed E-state index contributed by atoms with van der Waals surface area (Å²) in [6, 6.07) is 10.8. The molecule has 0 saturated carbocycles. The van der Waals surface area contributed by atoms with E-state index in [1.165, 1.54) is 16.0 Å². The van der Waals surface area contributed by atoms with Gasteiger partial charge in [-0.15, -0.1) is 11.3 Å². The molecule has 3 nitrogen and oxygen atoms in total. The van der Waals surface area contributed by atoms with Gasteiger partial charge in [0.2, 0.25) is 0 Å². The molecule has 0 aliphatic carbocycles. The summed E-state index contributed by atoms with van der Waals surface area (Å²) in [5, 5.41) is 4.60. The van der Waals surface area contributed by atoms with Crippen LogP contribution < -0.4 is 5.32 Å². The second-order valence-corrected chi connectivity index (χ2v) is 6.60. The smallest absolute Gasteiger partial charge is 0.138 e. The number of nitrogens with one attached hydrogen (secondary N) is 1. The molecule has 108 valence electrons. The summed E-state index contributed by atoms with van der Waals surface area (Å²) >= 11 is 1.72. The minimum atomic E-state index is 0.822. The predicted octanol–water partition coefficient (Wildman–Crippen LogP) is 4.27. The molecule has 0 unspecified atom stereocenters. The lowest BCUT2D eigenvalue weighted by Crippen LogP contribution is -2.07. The molecule has 1 aromatic carbocycles. The fraction of sp³-hybridized carbons (Fsp3) is 0.294. The largest absolute Gasteiger partial charge is 0.369 e. The van der Waals surface area contributed by atoms with E-state index in [9.17, 15) is 0 Å². The molecule has 2 heterocycles. The predicted molar refractivity (Wildman–Crippen MR) is 90.3 cm³/mol. The second-order valence-electron chi connectivity index (χ2n) is 5.36. The SMILES string of the molecule is Cc1cccc(CCNc2nc(C)nc3sc(C)cc23)c1.